The fraction of sp³-hybridized carbons (Fsp3) is 0.417. The molecule has 1 heterocycles. The third-order valence-electron chi connectivity index (χ3n) is 9.94. The van der Waals surface area contributed by atoms with E-state index >= 15 is 0 Å². The van der Waals surface area contributed by atoms with Gasteiger partial charge in [0.05, 0.1) is 65.9 Å². The molecule has 0 saturated carbocycles. The summed E-state index contributed by atoms with van der Waals surface area (Å²) in [6, 6.07) is 36.1. The van der Waals surface area contributed by atoms with Crippen molar-refractivity contribution >= 4 is 23.8 Å². The van der Waals surface area contributed by atoms with Gasteiger partial charge in [-0.2, -0.15) is 0 Å². The van der Waals surface area contributed by atoms with Crippen molar-refractivity contribution in [1.29, 1.82) is 0 Å². The number of hydrogen-bond acceptors (Lipinski definition) is 12. The van der Waals surface area contributed by atoms with Gasteiger partial charge in [0.2, 0.25) is 11.8 Å². The smallest absolute Gasteiger partial charge is 0.329 e. The van der Waals surface area contributed by atoms with E-state index in [4.69, 9.17) is 28.4 Å². The highest BCUT2D eigenvalue weighted by molar-refractivity contribution is 5.86. The highest BCUT2D eigenvalue weighted by Gasteiger charge is 2.26. The Hall–Kier alpha value is -5.48. The largest absolute Gasteiger partial charge is 0.459 e. The third-order valence-corrected chi connectivity index (χ3v) is 9.94. The molecule has 2 N–H and O–H groups in total. The minimum absolute atomic E-state index is 0.0300. The Kier molecular flexibility index (Phi) is 21.6. The van der Waals surface area contributed by atoms with Crippen LogP contribution >= 0.6 is 0 Å². The molecule has 0 bridgehead atoms. The molecule has 62 heavy (non-hydrogen) atoms. The molecule has 1 saturated heterocycles. The van der Waals surface area contributed by atoms with Gasteiger partial charge in [-0.15, -0.1) is 0 Å². The number of nitrogens with zero attached hydrogens (tertiary/aromatic N) is 2. The van der Waals surface area contributed by atoms with E-state index in [1.54, 1.807) is 0 Å². The van der Waals surface area contributed by atoms with Gasteiger partial charge in [-0.3, -0.25) is 19.4 Å². The summed E-state index contributed by atoms with van der Waals surface area (Å²) in [6.07, 6.45) is 0.581. The van der Waals surface area contributed by atoms with Crippen LogP contribution in [0.4, 0.5) is 0 Å². The number of amides is 2. The second-order valence-corrected chi connectivity index (χ2v) is 14.8. The quantitative estimate of drug-likeness (QED) is 0.159. The summed E-state index contributed by atoms with van der Waals surface area (Å²) in [7, 11) is 0. The lowest BCUT2D eigenvalue weighted by molar-refractivity contribution is -0.149. The average molecular weight is 853 g/mol. The zero-order valence-electron chi connectivity index (χ0n) is 35.4. The van der Waals surface area contributed by atoms with Crippen molar-refractivity contribution in [2.24, 2.45) is 0 Å². The van der Waals surface area contributed by atoms with E-state index in [-0.39, 0.29) is 38.1 Å². The van der Waals surface area contributed by atoms with Crippen LogP contribution in [0.1, 0.15) is 22.3 Å². The van der Waals surface area contributed by atoms with Crippen LogP contribution < -0.4 is 10.6 Å². The Morgan fingerprint density at radius 2 is 0.726 bits per heavy atom. The van der Waals surface area contributed by atoms with Crippen LogP contribution in [0.3, 0.4) is 0 Å². The second-order valence-electron chi connectivity index (χ2n) is 14.8. The first-order valence-electron chi connectivity index (χ1n) is 21.2. The minimum Gasteiger partial charge on any atom is -0.459 e. The summed E-state index contributed by atoms with van der Waals surface area (Å²) in [6.45, 7) is 4.77. The summed E-state index contributed by atoms with van der Waals surface area (Å²) in [5, 5.41) is 5.81. The van der Waals surface area contributed by atoms with Crippen molar-refractivity contribution in [1.82, 2.24) is 20.4 Å². The van der Waals surface area contributed by atoms with E-state index < -0.39 is 24.0 Å². The molecule has 2 amide bonds. The molecule has 1 aliphatic heterocycles. The lowest BCUT2D eigenvalue weighted by Gasteiger charge is -2.25. The Morgan fingerprint density at radius 1 is 0.435 bits per heavy atom. The van der Waals surface area contributed by atoms with Crippen LogP contribution in [0.2, 0.25) is 0 Å². The number of carbonyl (C=O) groups excluding carboxylic acids is 4. The summed E-state index contributed by atoms with van der Waals surface area (Å²) in [5.74, 6) is -1.64. The van der Waals surface area contributed by atoms with E-state index in [0.717, 1.165) is 22.3 Å². The van der Waals surface area contributed by atoms with Crippen LogP contribution in [0.5, 0.6) is 0 Å². The fourth-order valence-corrected chi connectivity index (χ4v) is 6.59. The average Bonchev–Trinajstić information content (AvgIpc) is 3.29. The molecule has 14 heteroatoms. The maximum absolute atomic E-state index is 13.4. The highest BCUT2D eigenvalue weighted by Crippen LogP contribution is 2.10. The summed E-state index contributed by atoms with van der Waals surface area (Å²) >= 11 is 0. The van der Waals surface area contributed by atoms with E-state index in [0.29, 0.717) is 91.9 Å². The first-order chi connectivity index (χ1) is 30.4. The fourth-order valence-electron chi connectivity index (χ4n) is 6.59. The Labute approximate surface area is 364 Å². The number of esters is 2. The zero-order chi connectivity index (χ0) is 43.5. The molecule has 0 aromatic heterocycles. The molecule has 4 aromatic carbocycles. The van der Waals surface area contributed by atoms with E-state index in [1.165, 1.54) is 0 Å². The number of hydrogen-bond donors (Lipinski definition) is 2. The summed E-state index contributed by atoms with van der Waals surface area (Å²) < 4.78 is 34.7. The molecular weight excluding hydrogens is 793 g/mol. The van der Waals surface area contributed by atoms with Gasteiger partial charge in [-0.05, 0) is 22.3 Å². The van der Waals surface area contributed by atoms with Gasteiger partial charge in [-0.1, -0.05) is 121 Å². The third kappa shape index (κ3) is 19.1. The SMILES string of the molecule is O=C(CN1CCOCCOCCN(CC(=O)N[C@H](Cc2ccccc2)C(=O)OCc2ccccc2)CCOCCOCC1)N[C@H](Cc1ccccc1)C(=O)OCc1ccccc1. The van der Waals surface area contributed by atoms with Crippen LogP contribution in [0.25, 0.3) is 0 Å². The lowest BCUT2D eigenvalue weighted by atomic mass is 10.1. The maximum atomic E-state index is 13.4. The topological polar surface area (TPSA) is 154 Å². The van der Waals surface area contributed by atoms with Crippen molar-refractivity contribution in [2.45, 2.75) is 38.1 Å². The molecule has 4 aromatic rings. The summed E-state index contributed by atoms with van der Waals surface area (Å²) in [4.78, 5) is 57.2. The Morgan fingerprint density at radius 3 is 1.03 bits per heavy atom. The van der Waals surface area contributed by atoms with Gasteiger partial charge < -0.3 is 39.1 Å². The van der Waals surface area contributed by atoms with Crippen molar-refractivity contribution in [2.75, 3.05) is 92.1 Å². The molecule has 0 radical (unpaired) electrons. The molecule has 332 valence electrons. The number of benzene rings is 4. The first-order valence-corrected chi connectivity index (χ1v) is 21.2. The van der Waals surface area contributed by atoms with Crippen LogP contribution in [-0.4, -0.2) is 138 Å². The number of nitrogens with one attached hydrogen (secondary N) is 2. The highest BCUT2D eigenvalue weighted by atomic mass is 16.5. The number of rotatable bonds is 16. The molecule has 1 aliphatic rings. The molecule has 5 rings (SSSR count). The van der Waals surface area contributed by atoms with Crippen molar-refractivity contribution in [3.8, 4) is 0 Å². The first kappa shape index (κ1) is 47.6. The Balaban J connectivity index is 1.08. The molecule has 0 spiro atoms. The molecule has 14 nitrogen and oxygen atoms in total. The number of carbonyl (C=O) groups is 4. The predicted octanol–water partition coefficient (Wildman–Crippen LogP) is 3.61. The molecule has 0 unspecified atom stereocenters. The molecule has 2 atom stereocenters. The molecule has 0 aliphatic carbocycles. The van der Waals surface area contributed by atoms with Crippen LogP contribution in [-0.2, 0) is 73.7 Å². The lowest BCUT2D eigenvalue weighted by Crippen LogP contribution is -2.48. The van der Waals surface area contributed by atoms with Gasteiger partial charge in [0, 0.05) is 39.0 Å². The molecule has 1 fully saturated rings. The van der Waals surface area contributed by atoms with E-state index in [1.807, 2.05) is 131 Å². The van der Waals surface area contributed by atoms with Gasteiger partial charge in [0.15, 0.2) is 0 Å². The monoisotopic (exact) mass is 852 g/mol. The minimum atomic E-state index is -0.869. The summed E-state index contributed by atoms with van der Waals surface area (Å²) in [5.41, 5.74) is 3.52. The van der Waals surface area contributed by atoms with Gasteiger partial charge in [0.25, 0.3) is 0 Å². The van der Waals surface area contributed by atoms with Gasteiger partial charge in [-0.25, -0.2) is 9.59 Å². The second kappa shape index (κ2) is 28.2. The van der Waals surface area contributed by atoms with Crippen molar-refractivity contribution < 1.29 is 47.6 Å². The zero-order valence-corrected chi connectivity index (χ0v) is 35.4. The van der Waals surface area contributed by atoms with Crippen molar-refractivity contribution in [3.63, 3.8) is 0 Å². The normalized spacial score (nSPS) is 16.4. The maximum Gasteiger partial charge on any atom is 0.329 e. The van der Waals surface area contributed by atoms with Crippen molar-refractivity contribution in [3.05, 3.63) is 144 Å². The Bertz CT molecular complexity index is 1720. The van der Waals surface area contributed by atoms with Crippen LogP contribution in [0, 0.1) is 0 Å². The predicted molar refractivity (Wildman–Crippen MR) is 233 cm³/mol. The van der Waals surface area contributed by atoms with E-state index in [9.17, 15) is 19.2 Å². The van der Waals surface area contributed by atoms with Gasteiger partial charge in [0.1, 0.15) is 25.3 Å². The van der Waals surface area contributed by atoms with Crippen LogP contribution in [0.15, 0.2) is 121 Å². The van der Waals surface area contributed by atoms with E-state index in [2.05, 4.69) is 10.6 Å². The van der Waals surface area contributed by atoms with Gasteiger partial charge >= 0.3 is 11.9 Å². The number of ether oxygens (including phenoxy) is 6. The molecular formula is C48H60N4O10. The standard InChI is InChI=1S/C48H60N4O10/c53-45(49-43(33-39-13-5-1-6-14-39)47(55)61-37-41-17-9-3-10-18-41)35-51-21-25-57-29-31-59-27-23-52(24-28-60-32-30-58-26-22-51)36-46(54)50-44(34-40-15-7-2-8-16-40)48(56)62-38-42-19-11-4-12-20-42/h1-20,43-44H,21-38H2,(H,49,53)(H,50,54)/t43-,44-/m1/s1.